The van der Waals surface area contributed by atoms with E-state index in [1.807, 2.05) is 0 Å². The smallest absolute Gasteiger partial charge is 0.338 e. The van der Waals surface area contributed by atoms with Gasteiger partial charge in [-0.3, -0.25) is 0 Å². The number of rotatable bonds is 5. The maximum Gasteiger partial charge on any atom is 0.338 e. The molecular weight excluding hydrogens is 273 g/mol. The molecular formula is C12H14FNO4S. The quantitative estimate of drug-likeness (QED) is 0.835. The molecule has 1 N–H and O–H groups in total. The van der Waals surface area contributed by atoms with Gasteiger partial charge in [-0.2, -0.15) is 4.31 Å². The molecule has 1 aromatic rings. The summed E-state index contributed by atoms with van der Waals surface area (Å²) in [5.74, 6) is -2.44. The maximum atomic E-state index is 13.6. The number of halogens is 1. The molecule has 0 unspecified atom stereocenters. The van der Waals surface area contributed by atoms with Gasteiger partial charge in [0.25, 0.3) is 0 Å². The summed E-state index contributed by atoms with van der Waals surface area (Å²) >= 11 is 0. The number of benzene rings is 1. The standard InChI is InChI=1S/C12H14FNO4S/c1-4-5-14(3)19(17,18)9-6-8(2)11(13)10(7-9)12(15)16/h4,6-7H,1,5H2,2-3H3,(H,15,16). The van der Waals surface area contributed by atoms with E-state index in [1.54, 1.807) is 0 Å². The summed E-state index contributed by atoms with van der Waals surface area (Å²) in [6.07, 6.45) is 1.39. The fourth-order valence-electron chi connectivity index (χ4n) is 1.50. The second kappa shape index (κ2) is 5.50. The number of carboxylic acids is 1. The van der Waals surface area contributed by atoms with Crippen molar-refractivity contribution in [2.45, 2.75) is 11.8 Å². The van der Waals surface area contributed by atoms with Crippen LogP contribution in [0.25, 0.3) is 0 Å². The van der Waals surface area contributed by atoms with Crippen LogP contribution in [0, 0.1) is 12.7 Å². The SMILES string of the molecule is C=CCN(C)S(=O)(=O)c1cc(C)c(F)c(C(=O)O)c1. The maximum absolute atomic E-state index is 13.6. The monoisotopic (exact) mass is 287 g/mol. The minimum atomic E-state index is -3.86. The highest BCUT2D eigenvalue weighted by Gasteiger charge is 2.24. The first-order chi connectivity index (χ1) is 8.71. The Kier molecular flexibility index (Phi) is 4.43. The van der Waals surface area contributed by atoms with Gasteiger partial charge in [-0.15, -0.1) is 6.58 Å². The van der Waals surface area contributed by atoms with Crippen molar-refractivity contribution in [2.24, 2.45) is 0 Å². The molecule has 0 atom stereocenters. The number of nitrogens with zero attached hydrogens (tertiary/aromatic N) is 1. The molecule has 0 aromatic heterocycles. The summed E-state index contributed by atoms with van der Waals surface area (Å²) in [5, 5.41) is 8.86. The van der Waals surface area contributed by atoms with Crippen LogP contribution in [0.4, 0.5) is 4.39 Å². The van der Waals surface area contributed by atoms with E-state index in [-0.39, 0.29) is 17.0 Å². The van der Waals surface area contributed by atoms with Crippen molar-refractivity contribution < 1.29 is 22.7 Å². The highest BCUT2D eigenvalue weighted by atomic mass is 32.2. The number of aromatic carboxylic acids is 1. The molecule has 19 heavy (non-hydrogen) atoms. The van der Waals surface area contributed by atoms with Crippen LogP contribution in [-0.4, -0.2) is 37.4 Å². The number of likely N-dealkylation sites (N-methyl/N-ethyl adjacent to an activating group) is 1. The minimum absolute atomic E-state index is 0.0366. The van der Waals surface area contributed by atoms with E-state index in [2.05, 4.69) is 6.58 Å². The van der Waals surface area contributed by atoms with Crippen molar-refractivity contribution >= 4 is 16.0 Å². The summed E-state index contributed by atoms with van der Waals surface area (Å²) in [6.45, 7) is 4.81. The number of aryl methyl sites for hydroxylation is 1. The molecule has 0 bridgehead atoms. The van der Waals surface area contributed by atoms with Gasteiger partial charge in [0.1, 0.15) is 5.82 Å². The van der Waals surface area contributed by atoms with E-state index in [0.717, 1.165) is 16.4 Å². The number of hydrogen-bond acceptors (Lipinski definition) is 3. The summed E-state index contributed by atoms with van der Waals surface area (Å²) in [5.41, 5.74) is -0.698. The first-order valence-corrected chi connectivity index (χ1v) is 6.76. The molecule has 0 aliphatic carbocycles. The Labute approximate surface area is 111 Å². The Bertz CT molecular complexity index is 625. The topological polar surface area (TPSA) is 74.7 Å². The van der Waals surface area contributed by atoms with Gasteiger partial charge in [-0.05, 0) is 24.6 Å². The Morgan fingerprint density at radius 1 is 1.53 bits per heavy atom. The predicted octanol–water partition coefficient (Wildman–Crippen LogP) is 1.64. The van der Waals surface area contributed by atoms with E-state index in [4.69, 9.17) is 5.11 Å². The minimum Gasteiger partial charge on any atom is -0.478 e. The van der Waals surface area contributed by atoms with E-state index < -0.39 is 27.4 Å². The second-order valence-corrected chi connectivity index (χ2v) is 6.03. The van der Waals surface area contributed by atoms with Crippen molar-refractivity contribution in [1.82, 2.24) is 4.31 Å². The van der Waals surface area contributed by atoms with E-state index in [1.165, 1.54) is 20.0 Å². The number of hydrogen-bond donors (Lipinski definition) is 1. The summed E-state index contributed by atoms with van der Waals surface area (Å²) < 4.78 is 38.8. The van der Waals surface area contributed by atoms with Crippen LogP contribution in [0.5, 0.6) is 0 Å². The van der Waals surface area contributed by atoms with Gasteiger partial charge in [-0.25, -0.2) is 17.6 Å². The van der Waals surface area contributed by atoms with Crippen molar-refractivity contribution in [3.05, 3.63) is 41.7 Å². The molecule has 0 amide bonds. The Balaban J connectivity index is 3.44. The molecule has 0 saturated heterocycles. The van der Waals surface area contributed by atoms with Crippen LogP contribution in [-0.2, 0) is 10.0 Å². The van der Waals surface area contributed by atoms with Crippen molar-refractivity contribution in [1.29, 1.82) is 0 Å². The molecule has 104 valence electrons. The average molecular weight is 287 g/mol. The van der Waals surface area contributed by atoms with Gasteiger partial charge >= 0.3 is 5.97 Å². The van der Waals surface area contributed by atoms with E-state index in [0.29, 0.717) is 0 Å². The summed E-state index contributed by atoms with van der Waals surface area (Å²) in [4.78, 5) is 10.6. The normalized spacial score (nSPS) is 11.6. The molecule has 0 radical (unpaired) electrons. The number of carboxylic acid groups (broad SMARTS) is 1. The fraction of sp³-hybridized carbons (Fsp3) is 0.250. The third kappa shape index (κ3) is 2.99. The average Bonchev–Trinajstić information content (AvgIpc) is 2.32. The van der Waals surface area contributed by atoms with Crippen molar-refractivity contribution in [3.63, 3.8) is 0 Å². The van der Waals surface area contributed by atoms with E-state index >= 15 is 0 Å². The highest BCUT2D eigenvalue weighted by Crippen LogP contribution is 2.21. The lowest BCUT2D eigenvalue weighted by Gasteiger charge is -2.16. The Morgan fingerprint density at radius 2 is 2.11 bits per heavy atom. The molecule has 7 heteroatoms. The zero-order chi connectivity index (χ0) is 14.8. The van der Waals surface area contributed by atoms with Gasteiger partial charge < -0.3 is 5.11 Å². The van der Waals surface area contributed by atoms with E-state index in [9.17, 15) is 17.6 Å². The fourth-order valence-corrected chi connectivity index (χ4v) is 2.75. The summed E-state index contributed by atoms with van der Waals surface area (Å²) in [6, 6.07) is 1.93. The lowest BCUT2D eigenvalue weighted by atomic mass is 10.1. The van der Waals surface area contributed by atoms with Gasteiger partial charge in [0.05, 0.1) is 10.5 Å². The van der Waals surface area contributed by atoms with Gasteiger partial charge in [0, 0.05) is 13.6 Å². The Morgan fingerprint density at radius 3 is 2.58 bits per heavy atom. The molecule has 0 aliphatic rings. The van der Waals surface area contributed by atoms with Gasteiger partial charge in [0.15, 0.2) is 0 Å². The van der Waals surface area contributed by atoms with Crippen molar-refractivity contribution in [2.75, 3.05) is 13.6 Å². The molecule has 0 fully saturated rings. The van der Waals surface area contributed by atoms with Crippen LogP contribution in [0.2, 0.25) is 0 Å². The van der Waals surface area contributed by atoms with Crippen LogP contribution in [0.3, 0.4) is 0 Å². The zero-order valence-electron chi connectivity index (χ0n) is 10.6. The lowest BCUT2D eigenvalue weighted by Crippen LogP contribution is -2.27. The molecule has 0 saturated carbocycles. The van der Waals surface area contributed by atoms with Crippen molar-refractivity contribution in [3.8, 4) is 0 Å². The first kappa shape index (κ1) is 15.3. The molecule has 0 spiro atoms. The van der Waals surface area contributed by atoms with Crippen LogP contribution in [0.1, 0.15) is 15.9 Å². The largest absolute Gasteiger partial charge is 0.478 e. The van der Waals surface area contributed by atoms with Crippen LogP contribution < -0.4 is 0 Å². The lowest BCUT2D eigenvalue weighted by molar-refractivity contribution is 0.0691. The van der Waals surface area contributed by atoms with Crippen LogP contribution >= 0.6 is 0 Å². The number of sulfonamides is 1. The molecule has 5 nitrogen and oxygen atoms in total. The Hall–Kier alpha value is -1.73. The third-order valence-corrected chi connectivity index (χ3v) is 4.35. The molecule has 0 aliphatic heterocycles. The predicted molar refractivity (Wildman–Crippen MR) is 68.1 cm³/mol. The van der Waals surface area contributed by atoms with Crippen LogP contribution in [0.15, 0.2) is 29.7 Å². The number of carbonyl (C=O) groups is 1. The first-order valence-electron chi connectivity index (χ1n) is 5.32. The second-order valence-electron chi connectivity index (χ2n) is 3.98. The highest BCUT2D eigenvalue weighted by molar-refractivity contribution is 7.89. The summed E-state index contributed by atoms with van der Waals surface area (Å²) in [7, 11) is -2.53. The molecule has 0 heterocycles. The molecule has 1 aromatic carbocycles. The third-order valence-electron chi connectivity index (χ3n) is 2.55. The molecule has 1 rings (SSSR count). The van der Waals surface area contributed by atoms with Gasteiger partial charge in [0.2, 0.25) is 10.0 Å². The zero-order valence-corrected chi connectivity index (χ0v) is 11.4. The van der Waals surface area contributed by atoms with Gasteiger partial charge in [-0.1, -0.05) is 6.08 Å².